The molecule has 0 aromatic heterocycles. The van der Waals surface area contributed by atoms with Crippen molar-refractivity contribution in [2.45, 2.75) is 25.2 Å². The second kappa shape index (κ2) is 8.06. The van der Waals surface area contributed by atoms with Crippen LogP contribution in [0.4, 0.5) is 13.2 Å². The summed E-state index contributed by atoms with van der Waals surface area (Å²) in [6.07, 6.45) is -5.37. The van der Waals surface area contributed by atoms with E-state index in [0.29, 0.717) is 11.3 Å². The lowest BCUT2D eigenvalue weighted by atomic mass is 10.0. The highest BCUT2D eigenvalue weighted by molar-refractivity contribution is 5.85. The summed E-state index contributed by atoms with van der Waals surface area (Å²) in [7, 11) is 0. The van der Waals surface area contributed by atoms with Crippen LogP contribution in [0, 0.1) is 0 Å². The minimum atomic E-state index is -4.30. The van der Waals surface area contributed by atoms with Gasteiger partial charge in [-0.05, 0) is 11.6 Å². The van der Waals surface area contributed by atoms with E-state index in [2.05, 4.69) is 0 Å². The minimum absolute atomic E-state index is 0. The summed E-state index contributed by atoms with van der Waals surface area (Å²) in [5.41, 5.74) is 6.96. The number of rotatable bonds is 5. The van der Waals surface area contributed by atoms with Crippen molar-refractivity contribution in [3.63, 3.8) is 0 Å². The van der Waals surface area contributed by atoms with Crippen LogP contribution < -0.4 is 10.5 Å². The fourth-order valence-electron chi connectivity index (χ4n) is 2.01. The van der Waals surface area contributed by atoms with Gasteiger partial charge >= 0.3 is 6.18 Å². The summed E-state index contributed by atoms with van der Waals surface area (Å²) >= 11 is 0. The Kier molecular flexibility index (Phi) is 6.71. The average Bonchev–Trinajstić information content (AvgIpc) is 2.45. The predicted octanol–water partition coefficient (Wildman–Crippen LogP) is 4.64. The highest BCUT2D eigenvalue weighted by Crippen LogP contribution is 2.32. The molecule has 2 N–H and O–H groups in total. The van der Waals surface area contributed by atoms with E-state index >= 15 is 0 Å². The first kappa shape index (κ1) is 18.3. The quantitative estimate of drug-likeness (QED) is 0.866. The number of hydrogen-bond donors (Lipinski definition) is 1. The molecule has 0 aliphatic rings. The molecule has 0 aliphatic heterocycles. The third-order valence-corrected chi connectivity index (χ3v) is 3.01. The van der Waals surface area contributed by atoms with E-state index in [1.54, 1.807) is 24.3 Å². The SMILES string of the molecule is Cl.N[C@@H](CC(F)(F)F)c1ccccc1OCc1ccccc1. The number of alkyl halides is 3. The van der Waals surface area contributed by atoms with Gasteiger partial charge in [-0.2, -0.15) is 13.2 Å². The van der Waals surface area contributed by atoms with Gasteiger partial charge in [0, 0.05) is 11.6 Å². The maximum atomic E-state index is 12.5. The number of nitrogens with two attached hydrogens (primary N) is 1. The number of benzene rings is 2. The molecule has 2 aromatic rings. The second-order valence-electron chi connectivity index (χ2n) is 4.74. The van der Waals surface area contributed by atoms with Crippen LogP contribution >= 0.6 is 12.4 Å². The Morgan fingerprint density at radius 3 is 2.18 bits per heavy atom. The Balaban J connectivity index is 0.00000242. The Hall–Kier alpha value is -1.72. The Bertz CT molecular complexity index is 575. The fraction of sp³-hybridized carbons (Fsp3) is 0.250. The van der Waals surface area contributed by atoms with Crippen LogP contribution in [0.5, 0.6) is 5.75 Å². The first-order valence-corrected chi connectivity index (χ1v) is 6.54. The summed E-state index contributed by atoms with van der Waals surface area (Å²) in [5.74, 6) is 0.387. The summed E-state index contributed by atoms with van der Waals surface area (Å²) in [6, 6.07) is 14.8. The van der Waals surface area contributed by atoms with Gasteiger partial charge in [-0.15, -0.1) is 12.4 Å². The van der Waals surface area contributed by atoms with Crippen molar-refractivity contribution in [1.82, 2.24) is 0 Å². The van der Waals surface area contributed by atoms with Gasteiger partial charge in [0.05, 0.1) is 6.42 Å². The second-order valence-corrected chi connectivity index (χ2v) is 4.74. The van der Waals surface area contributed by atoms with Gasteiger partial charge in [0.1, 0.15) is 12.4 Å². The molecule has 0 saturated heterocycles. The number of hydrogen-bond acceptors (Lipinski definition) is 2. The first-order valence-electron chi connectivity index (χ1n) is 6.54. The monoisotopic (exact) mass is 331 g/mol. The normalized spacial score (nSPS) is 12.4. The molecule has 0 saturated carbocycles. The van der Waals surface area contributed by atoms with Gasteiger partial charge in [-0.1, -0.05) is 48.5 Å². The molecule has 0 bridgehead atoms. The molecule has 2 rings (SSSR count). The van der Waals surface area contributed by atoms with E-state index in [9.17, 15) is 13.2 Å². The largest absolute Gasteiger partial charge is 0.489 e. The molecule has 0 amide bonds. The molecule has 0 fully saturated rings. The van der Waals surface area contributed by atoms with Crippen molar-refractivity contribution in [1.29, 1.82) is 0 Å². The number of ether oxygens (including phenoxy) is 1. The number of para-hydroxylation sites is 1. The Morgan fingerprint density at radius 2 is 1.55 bits per heavy atom. The van der Waals surface area contributed by atoms with E-state index in [4.69, 9.17) is 10.5 Å². The van der Waals surface area contributed by atoms with Crippen molar-refractivity contribution in [3.05, 3.63) is 65.7 Å². The molecule has 0 heterocycles. The van der Waals surface area contributed by atoms with E-state index in [1.165, 1.54) is 0 Å². The van der Waals surface area contributed by atoms with Gasteiger partial charge in [0.2, 0.25) is 0 Å². The van der Waals surface area contributed by atoms with Gasteiger partial charge < -0.3 is 10.5 Å². The van der Waals surface area contributed by atoms with Crippen molar-refractivity contribution in [2.24, 2.45) is 5.73 Å². The zero-order chi connectivity index (χ0) is 15.3. The summed E-state index contributed by atoms with van der Waals surface area (Å²) in [6.45, 7) is 0.288. The Morgan fingerprint density at radius 1 is 0.955 bits per heavy atom. The third-order valence-electron chi connectivity index (χ3n) is 3.01. The van der Waals surface area contributed by atoms with E-state index in [1.807, 2.05) is 30.3 Å². The van der Waals surface area contributed by atoms with Crippen LogP contribution in [-0.2, 0) is 6.61 Å². The third kappa shape index (κ3) is 5.58. The van der Waals surface area contributed by atoms with Crippen molar-refractivity contribution >= 4 is 12.4 Å². The van der Waals surface area contributed by atoms with Crippen LogP contribution in [0.3, 0.4) is 0 Å². The first-order chi connectivity index (χ1) is 9.96. The molecular formula is C16H17ClF3NO. The standard InChI is InChI=1S/C16H16F3NO.ClH/c17-16(18,19)10-14(20)13-8-4-5-9-15(13)21-11-12-6-2-1-3-7-12;/h1-9,14H,10-11,20H2;1H/t14-;/m0./s1. The van der Waals surface area contributed by atoms with Gasteiger partial charge in [0.25, 0.3) is 0 Å². The topological polar surface area (TPSA) is 35.2 Å². The van der Waals surface area contributed by atoms with Crippen molar-refractivity contribution < 1.29 is 17.9 Å². The molecule has 6 heteroatoms. The van der Waals surface area contributed by atoms with Crippen LogP contribution in [0.25, 0.3) is 0 Å². The smallest absolute Gasteiger partial charge is 0.390 e. The maximum Gasteiger partial charge on any atom is 0.390 e. The fourth-order valence-corrected chi connectivity index (χ4v) is 2.01. The minimum Gasteiger partial charge on any atom is -0.489 e. The number of halogens is 4. The van der Waals surface area contributed by atoms with Crippen LogP contribution in [0.15, 0.2) is 54.6 Å². The lowest BCUT2D eigenvalue weighted by molar-refractivity contribution is -0.138. The van der Waals surface area contributed by atoms with Crippen molar-refractivity contribution in [3.8, 4) is 5.75 Å². The zero-order valence-corrected chi connectivity index (χ0v) is 12.5. The average molecular weight is 332 g/mol. The molecule has 2 aromatic carbocycles. The lowest BCUT2D eigenvalue weighted by Gasteiger charge is -2.18. The molecule has 22 heavy (non-hydrogen) atoms. The van der Waals surface area contributed by atoms with E-state index < -0.39 is 18.6 Å². The molecule has 0 aliphatic carbocycles. The van der Waals surface area contributed by atoms with Gasteiger partial charge in [-0.3, -0.25) is 0 Å². The maximum absolute atomic E-state index is 12.5. The van der Waals surface area contributed by atoms with E-state index in [0.717, 1.165) is 5.56 Å². The van der Waals surface area contributed by atoms with Gasteiger partial charge in [-0.25, -0.2) is 0 Å². The van der Waals surface area contributed by atoms with Crippen LogP contribution in [0.1, 0.15) is 23.6 Å². The van der Waals surface area contributed by atoms with E-state index in [-0.39, 0.29) is 19.0 Å². The highest BCUT2D eigenvalue weighted by Gasteiger charge is 2.31. The highest BCUT2D eigenvalue weighted by atomic mass is 35.5. The Labute approximate surface area is 133 Å². The predicted molar refractivity (Wildman–Crippen MR) is 82.1 cm³/mol. The van der Waals surface area contributed by atoms with Gasteiger partial charge in [0.15, 0.2) is 0 Å². The zero-order valence-electron chi connectivity index (χ0n) is 11.7. The van der Waals surface area contributed by atoms with Crippen LogP contribution in [0.2, 0.25) is 0 Å². The summed E-state index contributed by atoms with van der Waals surface area (Å²) < 4.78 is 43.0. The summed E-state index contributed by atoms with van der Waals surface area (Å²) in [5, 5.41) is 0. The van der Waals surface area contributed by atoms with Crippen LogP contribution in [-0.4, -0.2) is 6.18 Å². The molecule has 120 valence electrons. The summed E-state index contributed by atoms with van der Waals surface area (Å²) in [4.78, 5) is 0. The molecule has 0 radical (unpaired) electrons. The van der Waals surface area contributed by atoms with Crippen molar-refractivity contribution in [2.75, 3.05) is 0 Å². The molecule has 1 atom stereocenters. The molecule has 0 unspecified atom stereocenters. The molecule has 2 nitrogen and oxygen atoms in total. The molecular weight excluding hydrogens is 315 g/mol. The molecule has 0 spiro atoms. The lowest BCUT2D eigenvalue weighted by Crippen LogP contribution is -2.20.